The molecule has 0 radical (unpaired) electrons. The summed E-state index contributed by atoms with van der Waals surface area (Å²) < 4.78 is 0. The number of ketones is 2. The zero-order valence-electron chi connectivity index (χ0n) is 24.6. The molecule has 8 nitrogen and oxygen atoms in total. The molecule has 0 spiro atoms. The number of imide groups is 1. The number of carboxylic acid groups (broad SMARTS) is 1. The van der Waals surface area contributed by atoms with Crippen molar-refractivity contribution in [3.8, 4) is 5.75 Å². The number of nitrogens with zero attached hydrogens (tertiary/aromatic N) is 1. The fourth-order valence-corrected chi connectivity index (χ4v) is 8.75. The first-order valence-electron chi connectivity index (χ1n) is 15.3. The van der Waals surface area contributed by atoms with Crippen molar-refractivity contribution in [3.63, 3.8) is 0 Å². The Labute approximate surface area is 270 Å². The van der Waals surface area contributed by atoms with E-state index in [4.69, 9.17) is 11.6 Å². The minimum absolute atomic E-state index is 0.0629. The second kappa shape index (κ2) is 11.2. The molecule has 46 heavy (non-hydrogen) atoms. The van der Waals surface area contributed by atoms with Crippen LogP contribution in [0.1, 0.15) is 41.9 Å². The van der Waals surface area contributed by atoms with Crippen LogP contribution < -0.4 is 0 Å². The second-order valence-electron chi connectivity index (χ2n) is 12.5. The molecule has 1 saturated heterocycles. The van der Waals surface area contributed by atoms with Gasteiger partial charge in [-0.15, -0.1) is 0 Å². The highest BCUT2D eigenvalue weighted by Crippen LogP contribution is 2.64. The molecule has 3 aromatic carbocycles. The molecule has 1 heterocycles. The number of hydrogen-bond acceptors (Lipinski definition) is 6. The summed E-state index contributed by atoms with van der Waals surface area (Å²) in [6.45, 7) is -0.231. The number of allylic oxidation sites excluding steroid dienone is 4. The Morgan fingerprint density at radius 3 is 2.28 bits per heavy atom. The number of carbonyl (C=O) groups excluding carboxylic acids is 4. The zero-order valence-corrected chi connectivity index (χ0v) is 25.4. The fraction of sp³-hybridized carbons (Fsp3) is 0.270. The third-order valence-electron chi connectivity index (χ3n) is 10.3. The summed E-state index contributed by atoms with van der Waals surface area (Å²) in [5.74, 6) is -6.39. The van der Waals surface area contributed by atoms with Crippen molar-refractivity contribution in [1.29, 1.82) is 0 Å². The summed E-state index contributed by atoms with van der Waals surface area (Å²) in [5, 5.41) is 19.8. The normalized spacial score (nSPS) is 28.6. The van der Waals surface area contributed by atoms with Crippen LogP contribution in [-0.2, 0) is 29.4 Å². The predicted octanol–water partition coefficient (Wildman–Crippen LogP) is 5.34. The van der Waals surface area contributed by atoms with Gasteiger partial charge in [-0.25, -0.2) is 0 Å². The first-order chi connectivity index (χ1) is 22.1. The Kier molecular flexibility index (Phi) is 7.28. The third kappa shape index (κ3) is 4.38. The van der Waals surface area contributed by atoms with E-state index in [9.17, 15) is 34.2 Å². The minimum atomic E-state index is -1.43. The van der Waals surface area contributed by atoms with Gasteiger partial charge in [0.15, 0.2) is 11.6 Å². The van der Waals surface area contributed by atoms with E-state index in [0.717, 1.165) is 10.5 Å². The Hall–Kier alpha value is -4.82. The molecule has 3 aliphatic carbocycles. The number of phenolic OH excluding ortho intramolecular Hbond substituents is 1. The topological polar surface area (TPSA) is 129 Å². The number of carboxylic acids is 1. The zero-order chi connectivity index (χ0) is 32.3. The molecule has 2 amide bonds. The molecule has 0 bridgehead atoms. The van der Waals surface area contributed by atoms with E-state index in [0.29, 0.717) is 16.7 Å². The van der Waals surface area contributed by atoms with Gasteiger partial charge in [0.2, 0.25) is 11.8 Å². The number of benzene rings is 3. The van der Waals surface area contributed by atoms with Gasteiger partial charge in [-0.1, -0.05) is 90.0 Å². The van der Waals surface area contributed by atoms with Gasteiger partial charge >= 0.3 is 5.97 Å². The maximum absolute atomic E-state index is 14.9. The van der Waals surface area contributed by atoms with Gasteiger partial charge in [-0.2, -0.15) is 0 Å². The van der Waals surface area contributed by atoms with Crippen LogP contribution in [-0.4, -0.2) is 51.0 Å². The van der Waals surface area contributed by atoms with E-state index in [1.54, 1.807) is 30.3 Å². The van der Waals surface area contributed by atoms with Crippen LogP contribution >= 0.6 is 11.6 Å². The van der Waals surface area contributed by atoms with Gasteiger partial charge in [0.1, 0.15) is 5.75 Å². The number of aliphatic carboxylic acids is 1. The Morgan fingerprint density at radius 2 is 1.61 bits per heavy atom. The lowest BCUT2D eigenvalue weighted by Gasteiger charge is -2.55. The molecule has 2 N–H and O–H groups in total. The SMILES string of the molecule is O=C(O)CCN1C(=O)[C@H]2[C@H](CC=C3[C@H]2C[C@H]2C(=O)C(c4ccccc4)=CC(=O)[C@@]2(c2ccccc2)[C@H]3c2ccc(O)cc2Cl)C1=O. The first-order valence-corrected chi connectivity index (χ1v) is 15.7. The number of rotatable bonds is 6. The quantitative estimate of drug-likeness (QED) is 0.276. The number of Topliss-reactive ketones (excluding diaryl/α,β-unsaturated/α-hetero) is 1. The van der Waals surface area contributed by atoms with Gasteiger partial charge in [0.25, 0.3) is 0 Å². The lowest BCUT2D eigenvalue weighted by molar-refractivity contribution is -0.142. The molecule has 3 aromatic rings. The average molecular weight is 636 g/mol. The summed E-state index contributed by atoms with van der Waals surface area (Å²) in [6, 6.07) is 22.7. The standard InChI is InChI=1S/C37H30ClNO7/c38-29-17-22(40)11-12-24(29)33-23-13-14-25-32(36(46)39(35(25)45)16-15-31(42)43)27(23)18-28-34(44)26(20-7-3-1-4-8-20)19-30(41)37(28,33)21-9-5-2-6-10-21/h1-13,17,19,25,27-28,32-33,40H,14-16,18H2,(H,42,43)/t25-,27+,28-,32-,33+,37-/m0/s1. The number of phenols is 1. The number of aromatic hydroxyl groups is 1. The van der Waals surface area contributed by atoms with E-state index in [2.05, 4.69) is 0 Å². The Morgan fingerprint density at radius 1 is 0.913 bits per heavy atom. The summed E-state index contributed by atoms with van der Waals surface area (Å²) in [6.07, 6.45) is 3.34. The van der Waals surface area contributed by atoms with E-state index in [-0.39, 0.29) is 53.7 Å². The maximum atomic E-state index is 14.9. The molecule has 4 aliphatic rings. The molecule has 6 atom stereocenters. The summed E-state index contributed by atoms with van der Waals surface area (Å²) in [4.78, 5) is 69.6. The van der Waals surface area contributed by atoms with Crippen LogP contribution in [0.4, 0.5) is 0 Å². The fourth-order valence-electron chi connectivity index (χ4n) is 8.46. The molecular formula is C37H30ClNO7. The van der Waals surface area contributed by atoms with Crippen LogP contribution in [0.5, 0.6) is 5.75 Å². The molecule has 232 valence electrons. The second-order valence-corrected chi connectivity index (χ2v) is 12.9. The van der Waals surface area contributed by atoms with Crippen molar-refractivity contribution in [3.05, 3.63) is 118 Å². The van der Waals surface area contributed by atoms with Crippen LogP contribution in [0.25, 0.3) is 5.57 Å². The van der Waals surface area contributed by atoms with Crippen LogP contribution in [0, 0.1) is 23.7 Å². The Balaban J connectivity index is 1.47. The number of halogens is 1. The van der Waals surface area contributed by atoms with Crippen molar-refractivity contribution in [1.82, 2.24) is 4.90 Å². The number of hydrogen-bond donors (Lipinski definition) is 2. The van der Waals surface area contributed by atoms with E-state index in [1.165, 1.54) is 18.2 Å². The molecule has 0 aromatic heterocycles. The number of fused-ring (bicyclic) bond motifs is 4. The average Bonchev–Trinajstić information content (AvgIpc) is 3.30. The summed E-state index contributed by atoms with van der Waals surface area (Å²) in [7, 11) is 0. The van der Waals surface area contributed by atoms with Crippen molar-refractivity contribution in [2.45, 2.75) is 30.6 Å². The molecule has 2 fully saturated rings. The molecule has 0 unspecified atom stereocenters. The van der Waals surface area contributed by atoms with E-state index in [1.807, 2.05) is 42.5 Å². The van der Waals surface area contributed by atoms with Gasteiger partial charge in [0.05, 0.1) is 23.7 Å². The minimum Gasteiger partial charge on any atom is -0.508 e. The van der Waals surface area contributed by atoms with E-state index >= 15 is 0 Å². The maximum Gasteiger partial charge on any atom is 0.305 e. The number of amides is 2. The van der Waals surface area contributed by atoms with Crippen LogP contribution in [0.3, 0.4) is 0 Å². The van der Waals surface area contributed by atoms with Gasteiger partial charge in [-0.3, -0.25) is 28.9 Å². The first kappa shape index (κ1) is 29.9. The van der Waals surface area contributed by atoms with Crippen molar-refractivity contribution in [2.75, 3.05) is 6.54 Å². The molecule has 7 rings (SSSR count). The molecule has 1 saturated carbocycles. The number of likely N-dealkylation sites (tertiary alicyclic amines) is 1. The smallest absolute Gasteiger partial charge is 0.305 e. The van der Waals surface area contributed by atoms with E-state index < -0.39 is 52.8 Å². The predicted molar refractivity (Wildman–Crippen MR) is 169 cm³/mol. The monoisotopic (exact) mass is 635 g/mol. The van der Waals surface area contributed by atoms with Gasteiger partial charge in [-0.05, 0) is 53.7 Å². The molecule has 1 aliphatic heterocycles. The van der Waals surface area contributed by atoms with Crippen molar-refractivity contribution >= 4 is 46.5 Å². The number of carbonyl (C=O) groups is 5. The largest absolute Gasteiger partial charge is 0.508 e. The Bertz CT molecular complexity index is 1870. The summed E-state index contributed by atoms with van der Waals surface area (Å²) >= 11 is 6.86. The summed E-state index contributed by atoms with van der Waals surface area (Å²) in [5.41, 5.74) is 1.37. The van der Waals surface area contributed by atoms with Gasteiger partial charge in [0, 0.05) is 29.0 Å². The highest BCUT2D eigenvalue weighted by molar-refractivity contribution is 6.33. The highest BCUT2D eigenvalue weighted by Gasteiger charge is 2.66. The molecular weight excluding hydrogens is 606 g/mol. The lowest BCUT2D eigenvalue weighted by Crippen LogP contribution is -2.58. The lowest BCUT2D eigenvalue weighted by atomic mass is 9.44. The van der Waals surface area contributed by atoms with Gasteiger partial charge < -0.3 is 10.2 Å². The van der Waals surface area contributed by atoms with Crippen molar-refractivity contribution < 1.29 is 34.2 Å². The highest BCUT2D eigenvalue weighted by atomic mass is 35.5. The van der Waals surface area contributed by atoms with Crippen LogP contribution in [0.15, 0.2) is 96.6 Å². The molecule has 9 heteroatoms. The van der Waals surface area contributed by atoms with Crippen LogP contribution in [0.2, 0.25) is 5.02 Å². The third-order valence-corrected chi connectivity index (χ3v) is 10.6. The van der Waals surface area contributed by atoms with Crippen molar-refractivity contribution in [2.24, 2.45) is 23.7 Å².